The van der Waals surface area contributed by atoms with Crippen LogP contribution in [0.15, 0.2) is 27.1 Å². The van der Waals surface area contributed by atoms with Crippen molar-refractivity contribution in [3.05, 3.63) is 32.7 Å². The molecule has 1 rings (SSSR count). The van der Waals surface area contributed by atoms with Crippen molar-refractivity contribution in [3.63, 3.8) is 0 Å². The van der Waals surface area contributed by atoms with Crippen molar-refractivity contribution in [2.75, 3.05) is 7.05 Å². The van der Waals surface area contributed by atoms with Crippen molar-refractivity contribution in [2.45, 2.75) is 6.54 Å². The van der Waals surface area contributed by atoms with E-state index in [1.165, 1.54) is 5.56 Å². The van der Waals surface area contributed by atoms with Crippen molar-refractivity contribution in [1.82, 2.24) is 5.32 Å². The first kappa shape index (κ1) is 9.23. The molecule has 0 spiro atoms. The lowest BCUT2D eigenvalue weighted by Gasteiger charge is -2.01. The Labute approximate surface area is 83.4 Å². The molecule has 1 aromatic rings. The van der Waals surface area contributed by atoms with Crippen LogP contribution in [0.1, 0.15) is 5.56 Å². The van der Waals surface area contributed by atoms with Gasteiger partial charge < -0.3 is 5.32 Å². The lowest BCUT2D eigenvalue weighted by atomic mass is 10.2. The van der Waals surface area contributed by atoms with Crippen LogP contribution in [0.25, 0.3) is 0 Å². The van der Waals surface area contributed by atoms with Crippen LogP contribution in [-0.4, -0.2) is 7.05 Å². The predicted octanol–water partition coefficient (Wildman–Crippen LogP) is 2.93. The summed E-state index contributed by atoms with van der Waals surface area (Å²) >= 11 is 6.85. The number of hydrogen-bond acceptors (Lipinski definition) is 1. The van der Waals surface area contributed by atoms with Gasteiger partial charge >= 0.3 is 0 Å². The molecule has 0 saturated carbocycles. The number of benzene rings is 1. The minimum atomic E-state index is 0.909. The zero-order valence-corrected chi connectivity index (χ0v) is 9.37. The molecule has 1 aromatic carbocycles. The van der Waals surface area contributed by atoms with Crippen LogP contribution in [0.4, 0.5) is 0 Å². The fourth-order valence-corrected chi connectivity index (χ4v) is 1.53. The molecule has 0 aliphatic rings. The maximum Gasteiger partial charge on any atom is 0.0320 e. The molecule has 0 bridgehead atoms. The van der Waals surface area contributed by atoms with E-state index in [-0.39, 0.29) is 0 Å². The van der Waals surface area contributed by atoms with Gasteiger partial charge in [-0.3, -0.25) is 0 Å². The summed E-state index contributed by atoms with van der Waals surface area (Å²) in [6.45, 7) is 0.909. The zero-order valence-electron chi connectivity index (χ0n) is 6.20. The molecule has 0 aromatic heterocycles. The molecular formula is C8H9Br2N. The van der Waals surface area contributed by atoms with E-state index in [4.69, 9.17) is 0 Å². The molecular weight excluding hydrogens is 270 g/mol. The normalized spacial score (nSPS) is 10.1. The first-order valence-electron chi connectivity index (χ1n) is 3.32. The Morgan fingerprint density at radius 3 is 2.55 bits per heavy atom. The van der Waals surface area contributed by atoms with Crippen LogP contribution >= 0.6 is 31.9 Å². The molecule has 0 amide bonds. The van der Waals surface area contributed by atoms with E-state index in [1.54, 1.807) is 0 Å². The van der Waals surface area contributed by atoms with Crippen LogP contribution < -0.4 is 5.32 Å². The van der Waals surface area contributed by atoms with Gasteiger partial charge in [0.1, 0.15) is 0 Å². The van der Waals surface area contributed by atoms with E-state index in [2.05, 4.69) is 49.3 Å². The molecule has 0 fully saturated rings. The maximum atomic E-state index is 3.44. The Balaban J connectivity index is 2.86. The highest BCUT2D eigenvalue weighted by atomic mass is 79.9. The number of halogens is 2. The van der Waals surface area contributed by atoms with Gasteiger partial charge in [0.25, 0.3) is 0 Å². The fraction of sp³-hybridized carbons (Fsp3) is 0.250. The molecule has 3 heteroatoms. The fourth-order valence-electron chi connectivity index (χ4n) is 0.854. The second-order valence-corrected chi connectivity index (χ2v) is 3.99. The van der Waals surface area contributed by atoms with Crippen LogP contribution in [0.3, 0.4) is 0 Å². The van der Waals surface area contributed by atoms with Crippen molar-refractivity contribution in [3.8, 4) is 0 Å². The first-order chi connectivity index (χ1) is 5.24. The lowest BCUT2D eigenvalue weighted by molar-refractivity contribution is 0.817. The quantitative estimate of drug-likeness (QED) is 0.877. The summed E-state index contributed by atoms with van der Waals surface area (Å²) in [6.07, 6.45) is 0. The van der Waals surface area contributed by atoms with Gasteiger partial charge in [0.15, 0.2) is 0 Å². The number of hydrogen-bond donors (Lipinski definition) is 1. The van der Waals surface area contributed by atoms with Crippen molar-refractivity contribution in [2.24, 2.45) is 0 Å². The predicted molar refractivity (Wildman–Crippen MR) is 54.6 cm³/mol. The van der Waals surface area contributed by atoms with Crippen molar-refractivity contribution < 1.29 is 0 Å². The SMILES string of the molecule is CNCc1ccc(Br)c(Br)c1. The lowest BCUT2D eigenvalue weighted by Crippen LogP contribution is -2.04. The monoisotopic (exact) mass is 277 g/mol. The molecule has 0 aliphatic heterocycles. The summed E-state index contributed by atoms with van der Waals surface area (Å²) in [4.78, 5) is 0. The molecule has 0 saturated heterocycles. The van der Waals surface area contributed by atoms with Gasteiger partial charge in [-0.15, -0.1) is 0 Å². The highest BCUT2D eigenvalue weighted by molar-refractivity contribution is 9.13. The summed E-state index contributed by atoms with van der Waals surface area (Å²) < 4.78 is 2.20. The third-order valence-electron chi connectivity index (χ3n) is 1.36. The molecule has 0 aliphatic carbocycles. The Morgan fingerprint density at radius 1 is 1.27 bits per heavy atom. The summed E-state index contributed by atoms with van der Waals surface area (Å²) in [6, 6.07) is 6.22. The van der Waals surface area contributed by atoms with E-state index in [0.717, 1.165) is 15.5 Å². The Morgan fingerprint density at radius 2 is 2.00 bits per heavy atom. The second kappa shape index (κ2) is 4.24. The van der Waals surface area contributed by atoms with Gasteiger partial charge in [-0.1, -0.05) is 6.07 Å². The Hall–Kier alpha value is 0.140. The standard InChI is InChI=1S/C8H9Br2N/c1-11-5-6-2-3-7(9)8(10)4-6/h2-4,11H,5H2,1H3. The Bertz CT molecular complexity index is 248. The van der Waals surface area contributed by atoms with Crippen molar-refractivity contribution >= 4 is 31.9 Å². The smallest absolute Gasteiger partial charge is 0.0320 e. The van der Waals surface area contributed by atoms with Crippen molar-refractivity contribution in [1.29, 1.82) is 0 Å². The maximum absolute atomic E-state index is 3.44. The molecule has 1 N–H and O–H groups in total. The summed E-state index contributed by atoms with van der Waals surface area (Å²) in [5, 5.41) is 3.09. The number of nitrogens with one attached hydrogen (secondary N) is 1. The van der Waals surface area contributed by atoms with E-state index in [1.807, 2.05) is 13.1 Å². The molecule has 0 atom stereocenters. The molecule has 0 heterocycles. The van der Waals surface area contributed by atoms with Crippen LogP contribution in [0.2, 0.25) is 0 Å². The Kier molecular flexibility index (Phi) is 3.55. The highest BCUT2D eigenvalue weighted by Crippen LogP contribution is 2.23. The first-order valence-corrected chi connectivity index (χ1v) is 4.91. The van der Waals surface area contributed by atoms with Crippen LogP contribution in [0.5, 0.6) is 0 Å². The van der Waals surface area contributed by atoms with E-state index >= 15 is 0 Å². The topological polar surface area (TPSA) is 12.0 Å². The van der Waals surface area contributed by atoms with E-state index in [9.17, 15) is 0 Å². The van der Waals surface area contributed by atoms with Gasteiger partial charge in [0, 0.05) is 15.5 Å². The van der Waals surface area contributed by atoms with E-state index < -0.39 is 0 Å². The number of rotatable bonds is 2. The summed E-state index contributed by atoms with van der Waals surface area (Å²) in [5.74, 6) is 0. The average Bonchev–Trinajstić information content (AvgIpc) is 1.98. The molecule has 0 unspecified atom stereocenters. The minimum Gasteiger partial charge on any atom is -0.316 e. The summed E-state index contributed by atoms with van der Waals surface area (Å²) in [7, 11) is 1.94. The van der Waals surface area contributed by atoms with Gasteiger partial charge in [-0.25, -0.2) is 0 Å². The third-order valence-corrected chi connectivity index (χ3v) is 3.24. The molecule has 60 valence electrons. The van der Waals surface area contributed by atoms with Gasteiger partial charge in [0.05, 0.1) is 0 Å². The van der Waals surface area contributed by atoms with Gasteiger partial charge in [-0.05, 0) is 56.6 Å². The van der Waals surface area contributed by atoms with Gasteiger partial charge in [-0.2, -0.15) is 0 Å². The molecule has 0 radical (unpaired) electrons. The summed E-state index contributed by atoms with van der Waals surface area (Å²) in [5.41, 5.74) is 1.28. The molecule has 11 heavy (non-hydrogen) atoms. The molecule has 1 nitrogen and oxygen atoms in total. The van der Waals surface area contributed by atoms with Crippen LogP contribution in [0, 0.1) is 0 Å². The van der Waals surface area contributed by atoms with Gasteiger partial charge in [0.2, 0.25) is 0 Å². The average molecular weight is 279 g/mol. The third kappa shape index (κ3) is 2.58. The zero-order chi connectivity index (χ0) is 8.27. The highest BCUT2D eigenvalue weighted by Gasteiger charge is 1.96. The minimum absolute atomic E-state index is 0.909. The largest absolute Gasteiger partial charge is 0.316 e. The second-order valence-electron chi connectivity index (χ2n) is 2.28. The van der Waals surface area contributed by atoms with Crippen LogP contribution in [-0.2, 0) is 6.54 Å². The van der Waals surface area contributed by atoms with E-state index in [0.29, 0.717) is 0 Å².